The third-order valence-electron chi connectivity index (χ3n) is 7.14. The third kappa shape index (κ3) is 16.0. The first kappa shape index (κ1) is 31.3. The smallest absolute Gasteiger partial charge is 0.168 e. The molecule has 0 amide bonds. The molecule has 1 aliphatic carbocycles. The van der Waals surface area contributed by atoms with Crippen LogP contribution in [0.2, 0.25) is 0 Å². The van der Waals surface area contributed by atoms with Crippen LogP contribution < -0.4 is 0 Å². The first-order chi connectivity index (χ1) is 16.3. The van der Waals surface area contributed by atoms with Crippen LogP contribution >= 0.6 is 0 Å². The van der Waals surface area contributed by atoms with Crippen molar-refractivity contribution in [3.8, 4) is 0 Å². The number of hydrogen-bond acceptors (Lipinski definition) is 4. The molecule has 200 valence electrons. The van der Waals surface area contributed by atoms with Gasteiger partial charge in [-0.2, -0.15) is 0 Å². The second-order valence-electron chi connectivity index (χ2n) is 11.3. The summed E-state index contributed by atoms with van der Waals surface area (Å²) in [6.07, 6.45) is 20.2. The molecule has 0 unspecified atom stereocenters. The molecule has 0 spiro atoms. The summed E-state index contributed by atoms with van der Waals surface area (Å²) in [5, 5.41) is 0. The fraction of sp³-hybridized carbons (Fsp3) is 0.933. The van der Waals surface area contributed by atoms with Crippen molar-refractivity contribution in [3.63, 3.8) is 0 Å². The molecule has 0 heterocycles. The zero-order valence-electron chi connectivity index (χ0n) is 23.1. The van der Waals surface area contributed by atoms with Crippen LogP contribution in [0.25, 0.3) is 0 Å². The summed E-state index contributed by atoms with van der Waals surface area (Å²) in [5.74, 6) is 1.30. The van der Waals surface area contributed by atoms with Crippen LogP contribution in [0, 0.1) is 11.8 Å². The highest BCUT2D eigenvalue weighted by Crippen LogP contribution is 2.33. The van der Waals surface area contributed by atoms with Gasteiger partial charge in [0.05, 0.1) is 13.2 Å². The summed E-state index contributed by atoms with van der Waals surface area (Å²) < 4.78 is 12.5. The van der Waals surface area contributed by atoms with Crippen LogP contribution in [0.5, 0.6) is 0 Å². The normalized spacial score (nSPS) is 15.8. The summed E-state index contributed by atoms with van der Waals surface area (Å²) in [5.41, 5.74) is 0. The van der Waals surface area contributed by atoms with Gasteiger partial charge in [-0.15, -0.1) is 0 Å². The number of carbonyl (C=O) groups excluding carboxylic acids is 2. The van der Waals surface area contributed by atoms with E-state index in [1.54, 1.807) is 0 Å². The second kappa shape index (κ2) is 19.4. The highest BCUT2D eigenvalue weighted by Gasteiger charge is 2.33. The lowest BCUT2D eigenvalue weighted by Gasteiger charge is -2.37. The van der Waals surface area contributed by atoms with E-state index >= 15 is 0 Å². The molecule has 1 aliphatic rings. The lowest BCUT2D eigenvalue weighted by Crippen LogP contribution is -2.39. The molecular weight excluding hydrogens is 424 g/mol. The van der Waals surface area contributed by atoms with E-state index < -0.39 is 0 Å². The molecule has 1 fully saturated rings. The van der Waals surface area contributed by atoms with Crippen molar-refractivity contribution in [1.29, 1.82) is 0 Å². The Bertz CT molecular complexity index is 520. The number of Topliss-reactive ketones (excluding diaryl/α,β-unsaturated/α-hetero) is 2. The van der Waals surface area contributed by atoms with Crippen LogP contribution in [0.15, 0.2) is 0 Å². The Hall–Kier alpha value is -0.740. The van der Waals surface area contributed by atoms with Crippen molar-refractivity contribution in [2.45, 2.75) is 155 Å². The predicted octanol–water partition coefficient (Wildman–Crippen LogP) is 8.59. The molecule has 0 aromatic carbocycles. The monoisotopic (exact) mass is 480 g/mol. The van der Waals surface area contributed by atoms with E-state index in [1.807, 2.05) is 13.8 Å². The number of carbonyl (C=O) groups is 2. The minimum absolute atomic E-state index is 0.183. The van der Waals surface area contributed by atoms with Gasteiger partial charge in [0.1, 0.15) is 11.6 Å². The Balaban J connectivity index is 2.01. The van der Waals surface area contributed by atoms with Gasteiger partial charge in [0, 0.05) is 38.0 Å². The fourth-order valence-electron chi connectivity index (χ4n) is 4.79. The highest BCUT2D eigenvalue weighted by atomic mass is 16.7. The summed E-state index contributed by atoms with van der Waals surface area (Å²) in [4.78, 5) is 23.8. The minimum Gasteiger partial charge on any atom is -0.350 e. The number of rotatable bonds is 22. The van der Waals surface area contributed by atoms with Gasteiger partial charge in [-0.25, -0.2) is 0 Å². The summed E-state index contributed by atoms with van der Waals surface area (Å²) in [6, 6.07) is 0. The summed E-state index contributed by atoms with van der Waals surface area (Å²) in [6.45, 7) is 9.91. The van der Waals surface area contributed by atoms with Crippen molar-refractivity contribution in [2.24, 2.45) is 11.8 Å². The van der Waals surface area contributed by atoms with E-state index in [0.29, 0.717) is 31.0 Å². The quantitative estimate of drug-likeness (QED) is 0.115. The number of ether oxygens (including phenoxy) is 2. The zero-order chi connectivity index (χ0) is 25.1. The number of ketones is 2. The van der Waals surface area contributed by atoms with E-state index in [1.165, 1.54) is 57.8 Å². The molecule has 4 nitrogen and oxygen atoms in total. The van der Waals surface area contributed by atoms with E-state index in [4.69, 9.17) is 9.47 Å². The lowest BCUT2D eigenvalue weighted by atomic mass is 9.94. The first-order valence-electron chi connectivity index (χ1n) is 14.7. The topological polar surface area (TPSA) is 52.6 Å². The summed E-state index contributed by atoms with van der Waals surface area (Å²) in [7, 11) is 0. The summed E-state index contributed by atoms with van der Waals surface area (Å²) >= 11 is 0. The van der Waals surface area contributed by atoms with Gasteiger partial charge in [0.2, 0.25) is 0 Å². The molecule has 0 N–H and O–H groups in total. The maximum absolute atomic E-state index is 12.2. The predicted molar refractivity (Wildman–Crippen MR) is 142 cm³/mol. The van der Waals surface area contributed by atoms with Gasteiger partial charge >= 0.3 is 0 Å². The van der Waals surface area contributed by atoms with Crippen molar-refractivity contribution < 1.29 is 19.1 Å². The fourth-order valence-corrected chi connectivity index (χ4v) is 4.79. The van der Waals surface area contributed by atoms with Crippen molar-refractivity contribution >= 4 is 11.6 Å². The molecular formula is C30H56O4. The molecule has 0 saturated heterocycles. The SMILES string of the molecule is CC(C)CCCOC1(OCCCC(=O)CCCCCCCCCCC(=O)C(C)C)CCCCC1. The van der Waals surface area contributed by atoms with Crippen LogP contribution in [-0.2, 0) is 19.1 Å². The Morgan fingerprint density at radius 3 is 1.71 bits per heavy atom. The molecule has 0 atom stereocenters. The van der Waals surface area contributed by atoms with Crippen LogP contribution in [0.3, 0.4) is 0 Å². The molecule has 0 bridgehead atoms. The van der Waals surface area contributed by atoms with Gasteiger partial charge in [-0.05, 0) is 50.9 Å². The van der Waals surface area contributed by atoms with Gasteiger partial charge in [0.15, 0.2) is 5.79 Å². The Kier molecular flexibility index (Phi) is 17.9. The Morgan fingerprint density at radius 2 is 1.15 bits per heavy atom. The maximum Gasteiger partial charge on any atom is 0.168 e. The van der Waals surface area contributed by atoms with E-state index in [-0.39, 0.29) is 11.7 Å². The molecule has 0 radical (unpaired) electrons. The molecule has 4 heteroatoms. The average Bonchev–Trinajstić information content (AvgIpc) is 2.81. The Labute approximate surface area is 211 Å². The van der Waals surface area contributed by atoms with Crippen molar-refractivity contribution in [3.05, 3.63) is 0 Å². The van der Waals surface area contributed by atoms with Crippen LogP contribution in [-0.4, -0.2) is 30.6 Å². The highest BCUT2D eigenvalue weighted by molar-refractivity contribution is 5.80. The van der Waals surface area contributed by atoms with Crippen molar-refractivity contribution in [2.75, 3.05) is 13.2 Å². The molecule has 0 aliphatic heterocycles. The Morgan fingerprint density at radius 1 is 0.647 bits per heavy atom. The van der Waals surface area contributed by atoms with Crippen LogP contribution in [0.4, 0.5) is 0 Å². The second-order valence-corrected chi connectivity index (χ2v) is 11.3. The molecule has 0 aromatic rings. The zero-order valence-corrected chi connectivity index (χ0v) is 23.1. The number of unbranched alkanes of at least 4 members (excludes halogenated alkanes) is 7. The molecule has 0 aromatic heterocycles. The van der Waals surface area contributed by atoms with Crippen LogP contribution in [0.1, 0.15) is 150 Å². The van der Waals surface area contributed by atoms with Gasteiger partial charge in [-0.1, -0.05) is 72.6 Å². The molecule has 1 saturated carbocycles. The molecule has 34 heavy (non-hydrogen) atoms. The largest absolute Gasteiger partial charge is 0.350 e. The van der Waals surface area contributed by atoms with E-state index in [9.17, 15) is 9.59 Å². The van der Waals surface area contributed by atoms with E-state index in [0.717, 1.165) is 63.9 Å². The average molecular weight is 481 g/mol. The standard InChI is InChI=1S/C30H56O4/c1-26(2)18-16-24-33-30(22-14-11-15-23-30)34-25-17-20-28(31)19-12-9-7-5-6-8-10-13-21-29(32)27(3)4/h26-27H,5-25H2,1-4H3. The molecule has 1 rings (SSSR count). The number of hydrogen-bond donors (Lipinski definition) is 0. The van der Waals surface area contributed by atoms with Gasteiger partial charge in [0.25, 0.3) is 0 Å². The maximum atomic E-state index is 12.2. The lowest BCUT2D eigenvalue weighted by molar-refractivity contribution is -0.253. The first-order valence-corrected chi connectivity index (χ1v) is 14.7. The minimum atomic E-state index is -0.387. The van der Waals surface area contributed by atoms with Gasteiger partial charge in [-0.3, -0.25) is 9.59 Å². The third-order valence-corrected chi connectivity index (χ3v) is 7.14. The van der Waals surface area contributed by atoms with E-state index in [2.05, 4.69) is 13.8 Å². The van der Waals surface area contributed by atoms with Crippen molar-refractivity contribution in [1.82, 2.24) is 0 Å². The van der Waals surface area contributed by atoms with Gasteiger partial charge < -0.3 is 9.47 Å².